The minimum Gasteiger partial charge on any atom is -0.321 e. The van der Waals surface area contributed by atoms with Gasteiger partial charge in [0.05, 0.1) is 0 Å². The third-order valence-corrected chi connectivity index (χ3v) is 3.97. The van der Waals surface area contributed by atoms with Gasteiger partial charge in [-0.25, -0.2) is 0 Å². The summed E-state index contributed by atoms with van der Waals surface area (Å²) in [5.41, 5.74) is 10.8. The van der Waals surface area contributed by atoms with E-state index in [2.05, 4.69) is 32.0 Å². The highest BCUT2D eigenvalue weighted by molar-refractivity contribution is 5.39. The fourth-order valence-electron chi connectivity index (χ4n) is 3.21. The molecule has 2 N–H and O–H groups in total. The molecule has 88 valence electrons. The number of aryl methyl sites for hydroxylation is 2. The van der Waals surface area contributed by atoms with E-state index in [4.69, 9.17) is 5.73 Å². The first-order valence-electron chi connectivity index (χ1n) is 6.49. The molecule has 0 amide bonds. The van der Waals surface area contributed by atoms with Crippen molar-refractivity contribution >= 4 is 0 Å². The SMILES string of the molecule is Cc1cccc(C)c1C1(N)CCCCCC1. The van der Waals surface area contributed by atoms with E-state index in [0.717, 1.165) is 12.8 Å². The lowest BCUT2D eigenvalue weighted by atomic mass is 9.79. The number of hydrogen-bond acceptors (Lipinski definition) is 1. The van der Waals surface area contributed by atoms with Gasteiger partial charge in [-0.15, -0.1) is 0 Å². The van der Waals surface area contributed by atoms with Gasteiger partial charge in [-0.1, -0.05) is 43.9 Å². The summed E-state index contributed by atoms with van der Waals surface area (Å²) in [7, 11) is 0. The largest absolute Gasteiger partial charge is 0.321 e. The second-order valence-corrected chi connectivity index (χ2v) is 5.34. The minimum absolute atomic E-state index is 0.0636. The van der Waals surface area contributed by atoms with Gasteiger partial charge in [0.1, 0.15) is 0 Å². The van der Waals surface area contributed by atoms with Crippen LogP contribution in [-0.2, 0) is 5.54 Å². The molecule has 2 rings (SSSR count). The van der Waals surface area contributed by atoms with E-state index in [1.807, 2.05) is 0 Å². The van der Waals surface area contributed by atoms with Crippen LogP contribution in [0.3, 0.4) is 0 Å². The summed E-state index contributed by atoms with van der Waals surface area (Å²) in [5, 5.41) is 0. The second-order valence-electron chi connectivity index (χ2n) is 5.34. The summed E-state index contributed by atoms with van der Waals surface area (Å²) in [5.74, 6) is 0. The molecule has 1 aliphatic rings. The van der Waals surface area contributed by atoms with E-state index in [1.54, 1.807) is 0 Å². The van der Waals surface area contributed by atoms with Crippen LogP contribution in [0.5, 0.6) is 0 Å². The van der Waals surface area contributed by atoms with Crippen LogP contribution in [0.1, 0.15) is 55.2 Å². The minimum atomic E-state index is -0.0636. The standard InChI is InChI=1S/C15H23N/c1-12-8-7-9-13(2)14(12)15(16)10-5-3-4-6-11-15/h7-9H,3-6,10-11,16H2,1-2H3. The second kappa shape index (κ2) is 4.58. The van der Waals surface area contributed by atoms with E-state index in [-0.39, 0.29) is 5.54 Å². The lowest BCUT2D eigenvalue weighted by molar-refractivity contribution is 0.381. The maximum absolute atomic E-state index is 6.68. The fourth-order valence-corrected chi connectivity index (χ4v) is 3.21. The van der Waals surface area contributed by atoms with Crippen molar-refractivity contribution in [2.24, 2.45) is 5.73 Å². The molecular weight excluding hydrogens is 194 g/mol. The van der Waals surface area contributed by atoms with Gasteiger partial charge in [0.25, 0.3) is 0 Å². The summed E-state index contributed by atoms with van der Waals surface area (Å²) < 4.78 is 0. The van der Waals surface area contributed by atoms with Gasteiger partial charge in [0.2, 0.25) is 0 Å². The van der Waals surface area contributed by atoms with Crippen molar-refractivity contribution in [1.29, 1.82) is 0 Å². The van der Waals surface area contributed by atoms with E-state index in [1.165, 1.54) is 42.4 Å². The van der Waals surface area contributed by atoms with Crippen LogP contribution >= 0.6 is 0 Å². The summed E-state index contributed by atoms with van der Waals surface area (Å²) in [6.45, 7) is 4.39. The molecule has 1 aromatic carbocycles. The molecule has 1 heteroatoms. The molecule has 0 saturated heterocycles. The molecule has 1 saturated carbocycles. The first-order chi connectivity index (χ1) is 7.63. The van der Waals surface area contributed by atoms with Gasteiger partial charge in [0.15, 0.2) is 0 Å². The molecular formula is C15H23N. The highest BCUT2D eigenvalue weighted by atomic mass is 14.7. The molecule has 16 heavy (non-hydrogen) atoms. The topological polar surface area (TPSA) is 26.0 Å². The molecule has 1 aliphatic carbocycles. The van der Waals surface area contributed by atoms with Crippen molar-refractivity contribution in [3.05, 3.63) is 34.9 Å². The van der Waals surface area contributed by atoms with Crippen LogP contribution < -0.4 is 5.73 Å². The van der Waals surface area contributed by atoms with Crippen molar-refractivity contribution < 1.29 is 0 Å². The first kappa shape index (κ1) is 11.7. The Morgan fingerprint density at radius 2 is 1.44 bits per heavy atom. The lowest BCUT2D eigenvalue weighted by Gasteiger charge is -2.32. The zero-order valence-electron chi connectivity index (χ0n) is 10.6. The van der Waals surface area contributed by atoms with Crippen molar-refractivity contribution in [1.82, 2.24) is 0 Å². The highest BCUT2D eigenvalue weighted by Crippen LogP contribution is 2.36. The zero-order chi connectivity index (χ0) is 11.6. The van der Waals surface area contributed by atoms with Gasteiger partial charge in [0, 0.05) is 5.54 Å². The predicted molar refractivity (Wildman–Crippen MR) is 69.5 cm³/mol. The third kappa shape index (κ3) is 2.15. The average Bonchev–Trinajstić information content (AvgIpc) is 2.43. The summed E-state index contributed by atoms with van der Waals surface area (Å²) in [6, 6.07) is 6.53. The van der Waals surface area contributed by atoms with Crippen LogP contribution in [0.4, 0.5) is 0 Å². The molecule has 0 atom stereocenters. The van der Waals surface area contributed by atoms with E-state index in [9.17, 15) is 0 Å². The molecule has 0 aromatic heterocycles. The average molecular weight is 217 g/mol. The smallest absolute Gasteiger partial charge is 0.0414 e. The third-order valence-electron chi connectivity index (χ3n) is 3.97. The number of hydrogen-bond donors (Lipinski definition) is 1. The maximum Gasteiger partial charge on any atom is 0.0414 e. The molecule has 0 bridgehead atoms. The Morgan fingerprint density at radius 3 is 1.94 bits per heavy atom. The Kier molecular flexibility index (Phi) is 3.34. The van der Waals surface area contributed by atoms with Gasteiger partial charge >= 0.3 is 0 Å². The van der Waals surface area contributed by atoms with Crippen molar-refractivity contribution in [2.75, 3.05) is 0 Å². The van der Waals surface area contributed by atoms with Crippen LogP contribution in [0.2, 0.25) is 0 Å². The normalized spacial score (nSPS) is 20.4. The Bertz CT molecular complexity index is 339. The van der Waals surface area contributed by atoms with Crippen LogP contribution in [0, 0.1) is 13.8 Å². The molecule has 1 fully saturated rings. The maximum atomic E-state index is 6.68. The van der Waals surface area contributed by atoms with Gasteiger partial charge < -0.3 is 5.73 Å². The van der Waals surface area contributed by atoms with E-state index < -0.39 is 0 Å². The summed E-state index contributed by atoms with van der Waals surface area (Å²) >= 11 is 0. The van der Waals surface area contributed by atoms with Gasteiger partial charge in [-0.05, 0) is 43.4 Å². The van der Waals surface area contributed by atoms with E-state index >= 15 is 0 Å². The number of benzene rings is 1. The number of nitrogens with two attached hydrogens (primary N) is 1. The molecule has 0 unspecified atom stereocenters. The Morgan fingerprint density at radius 1 is 0.938 bits per heavy atom. The summed E-state index contributed by atoms with van der Waals surface area (Å²) in [6.07, 6.45) is 7.57. The molecule has 1 aromatic rings. The molecule has 0 radical (unpaired) electrons. The monoisotopic (exact) mass is 217 g/mol. The van der Waals surface area contributed by atoms with Crippen LogP contribution in [0.25, 0.3) is 0 Å². The van der Waals surface area contributed by atoms with Crippen molar-refractivity contribution in [2.45, 2.75) is 57.9 Å². The Balaban J connectivity index is 2.40. The van der Waals surface area contributed by atoms with Crippen molar-refractivity contribution in [3.63, 3.8) is 0 Å². The predicted octanol–water partition coefficient (Wildman–Crippen LogP) is 3.81. The first-order valence-corrected chi connectivity index (χ1v) is 6.49. The Hall–Kier alpha value is -0.820. The zero-order valence-corrected chi connectivity index (χ0v) is 10.6. The fraction of sp³-hybridized carbons (Fsp3) is 0.600. The molecule has 0 aliphatic heterocycles. The van der Waals surface area contributed by atoms with Gasteiger partial charge in [-0.2, -0.15) is 0 Å². The van der Waals surface area contributed by atoms with Crippen molar-refractivity contribution in [3.8, 4) is 0 Å². The highest BCUT2D eigenvalue weighted by Gasteiger charge is 2.30. The van der Waals surface area contributed by atoms with Crippen LogP contribution in [-0.4, -0.2) is 0 Å². The number of rotatable bonds is 1. The quantitative estimate of drug-likeness (QED) is 0.711. The summed E-state index contributed by atoms with van der Waals surface area (Å²) in [4.78, 5) is 0. The molecule has 0 heterocycles. The Labute approximate surface area is 99.0 Å². The van der Waals surface area contributed by atoms with E-state index in [0.29, 0.717) is 0 Å². The molecule has 0 spiro atoms. The van der Waals surface area contributed by atoms with Gasteiger partial charge in [-0.3, -0.25) is 0 Å². The van der Waals surface area contributed by atoms with Crippen LogP contribution in [0.15, 0.2) is 18.2 Å². The lowest BCUT2D eigenvalue weighted by Crippen LogP contribution is -2.37. The molecule has 1 nitrogen and oxygen atoms in total.